The van der Waals surface area contributed by atoms with Gasteiger partial charge in [-0.05, 0) is 0 Å². The average Bonchev–Trinajstić information content (AvgIpc) is 2.80. The van der Waals surface area contributed by atoms with Crippen molar-refractivity contribution in [2.45, 2.75) is 54.8 Å². The first kappa shape index (κ1) is 22.1. The predicted octanol–water partition coefficient (Wildman–Crippen LogP) is -5.78. The molecule has 2 aliphatic rings. The second kappa shape index (κ2) is 8.65. The topological polar surface area (TPSA) is 190 Å². The van der Waals surface area contributed by atoms with Gasteiger partial charge in [-0.3, -0.25) is 0 Å². The fourth-order valence-electron chi connectivity index (χ4n) is 2.63. The Kier molecular flexibility index (Phi) is 7.98. The van der Waals surface area contributed by atoms with E-state index >= 15 is 0 Å². The summed E-state index contributed by atoms with van der Waals surface area (Å²) in [5.74, 6) is -2.22. The Morgan fingerprint density at radius 2 is 1.38 bits per heavy atom. The number of rotatable bonds is 5. The van der Waals surface area contributed by atoms with Crippen LogP contribution in [0.1, 0.15) is 0 Å². The van der Waals surface area contributed by atoms with Crippen LogP contribution in [0.5, 0.6) is 0 Å². The molecule has 0 saturated carbocycles. The number of aliphatic hydroxyl groups excluding tert-OH is 8. The maximum atomic E-state index is 10.00. The first-order valence-corrected chi connectivity index (χ1v) is 7.05. The van der Waals surface area contributed by atoms with Crippen LogP contribution in [0.2, 0.25) is 0 Å². The Morgan fingerprint density at radius 3 is 1.83 bits per heavy atom. The lowest BCUT2D eigenvalue weighted by molar-refractivity contribution is -0.383. The zero-order valence-corrected chi connectivity index (χ0v) is 13.8. The highest BCUT2D eigenvalue weighted by Gasteiger charge is 2.58. The third-order valence-corrected chi connectivity index (χ3v) is 4.07. The summed E-state index contributed by atoms with van der Waals surface area (Å²) in [6.07, 6.45) is -12.7. The van der Waals surface area contributed by atoms with Gasteiger partial charge in [-0.1, -0.05) is 0 Å². The largest absolute Gasteiger partial charge is 0.394 e. The first-order chi connectivity index (χ1) is 10.8. The fraction of sp³-hybridized carbons (Fsp3) is 1.00. The summed E-state index contributed by atoms with van der Waals surface area (Å²) in [6, 6.07) is 0. The lowest BCUT2D eigenvalue weighted by atomic mass is 9.99. The summed E-state index contributed by atoms with van der Waals surface area (Å²) in [5.41, 5.74) is 0. The Bertz CT molecular complexity index is 399. The molecule has 11 nitrogen and oxygen atoms in total. The smallest absolute Gasteiger partial charge is 0.224 e. The van der Waals surface area contributed by atoms with Gasteiger partial charge in [0.25, 0.3) is 0 Å². The summed E-state index contributed by atoms with van der Waals surface area (Å²) < 4.78 is 15.4. The molecule has 2 aliphatic heterocycles. The molecule has 0 aliphatic carbocycles. The standard InChI is InChI=1S/C12H22O11.Al/c13-1-4-6(16)8(18)9(19)11(21-4)23-12(3-15)10(20)7(17)5(2-14)22-12;/h4-11,13-20H,1-3H2;/t4-,5-,6-,7-,8+,9-,10+,11-,12+;/m1./s1. The minimum atomic E-state index is -2.22. The van der Waals surface area contributed by atoms with Crippen LogP contribution >= 0.6 is 0 Å². The van der Waals surface area contributed by atoms with E-state index in [1.807, 2.05) is 0 Å². The van der Waals surface area contributed by atoms with E-state index in [4.69, 9.17) is 24.4 Å². The lowest BCUT2D eigenvalue weighted by Gasteiger charge is -2.43. The molecule has 0 aromatic rings. The van der Waals surface area contributed by atoms with Crippen LogP contribution < -0.4 is 0 Å². The van der Waals surface area contributed by atoms with Crippen LogP contribution in [0, 0.1) is 0 Å². The van der Waals surface area contributed by atoms with Gasteiger partial charge in [0.2, 0.25) is 5.79 Å². The van der Waals surface area contributed by atoms with Crippen LogP contribution in [-0.4, -0.2) is 133 Å². The first-order valence-electron chi connectivity index (χ1n) is 7.05. The molecule has 2 rings (SSSR count). The molecule has 0 aromatic heterocycles. The lowest BCUT2D eigenvalue weighted by Crippen LogP contribution is -2.62. The van der Waals surface area contributed by atoms with Crippen molar-refractivity contribution in [3.05, 3.63) is 0 Å². The zero-order chi connectivity index (χ0) is 17.4. The van der Waals surface area contributed by atoms with Crippen LogP contribution in [0.15, 0.2) is 0 Å². The monoisotopic (exact) mass is 369 g/mol. The number of hydrogen-bond donors (Lipinski definition) is 8. The molecule has 139 valence electrons. The average molecular weight is 369 g/mol. The van der Waals surface area contributed by atoms with Gasteiger partial charge in [-0.15, -0.1) is 0 Å². The van der Waals surface area contributed by atoms with Crippen LogP contribution in [0.4, 0.5) is 0 Å². The number of ether oxygens (including phenoxy) is 3. The fourth-order valence-corrected chi connectivity index (χ4v) is 2.63. The number of aliphatic hydroxyl groups is 8. The highest BCUT2D eigenvalue weighted by Crippen LogP contribution is 2.35. The maximum absolute atomic E-state index is 10.00. The van der Waals surface area contributed by atoms with Crippen LogP contribution in [0.3, 0.4) is 0 Å². The van der Waals surface area contributed by atoms with Gasteiger partial charge in [0.1, 0.15) is 49.3 Å². The molecule has 0 amide bonds. The van der Waals surface area contributed by atoms with E-state index in [1.165, 1.54) is 0 Å². The van der Waals surface area contributed by atoms with Gasteiger partial charge >= 0.3 is 0 Å². The Hall–Kier alpha value is 0.0925. The highest BCUT2D eigenvalue weighted by atomic mass is 27.0. The van der Waals surface area contributed by atoms with E-state index < -0.39 is 74.6 Å². The van der Waals surface area contributed by atoms with Gasteiger partial charge in [0.05, 0.1) is 13.2 Å². The molecule has 0 bridgehead atoms. The van der Waals surface area contributed by atoms with Crippen molar-refractivity contribution in [2.24, 2.45) is 0 Å². The molecule has 2 fully saturated rings. The van der Waals surface area contributed by atoms with Crippen molar-refractivity contribution in [2.75, 3.05) is 19.8 Å². The van der Waals surface area contributed by atoms with E-state index in [-0.39, 0.29) is 17.4 Å². The van der Waals surface area contributed by atoms with Gasteiger partial charge in [0, 0.05) is 17.4 Å². The molecule has 24 heavy (non-hydrogen) atoms. The summed E-state index contributed by atoms with van der Waals surface area (Å²) >= 11 is 0. The zero-order valence-electron chi connectivity index (χ0n) is 12.6. The minimum absolute atomic E-state index is 0. The molecule has 2 heterocycles. The van der Waals surface area contributed by atoms with Crippen molar-refractivity contribution in [1.82, 2.24) is 0 Å². The minimum Gasteiger partial charge on any atom is -0.394 e. The third kappa shape index (κ3) is 3.77. The highest BCUT2D eigenvalue weighted by molar-refractivity contribution is 5.75. The van der Waals surface area contributed by atoms with Gasteiger partial charge in [0.15, 0.2) is 6.29 Å². The number of hydrogen-bond acceptors (Lipinski definition) is 11. The quantitative estimate of drug-likeness (QED) is 0.215. The molecule has 12 heteroatoms. The normalized spacial score (nSPS) is 49.0. The van der Waals surface area contributed by atoms with Gasteiger partial charge in [-0.25, -0.2) is 0 Å². The van der Waals surface area contributed by atoms with E-state index in [1.54, 1.807) is 0 Å². The SMILES string of the molecule is OC[C@H]1O[C@@](CO)(O[C@H]2O[C@H](CO)[C@@H](O)[C@H](O)[C@H]2O)[C@@H](O)[C@@H]1O.[Al]. The molecule has 9 atom stereocenters. The molecular formula is C12H22AlO11. The molecule has 0 unspecified atom stereocenters. The van der Waals surface area contributed by atoms with E-state index in [9.17, 15) is 30.6 Å². The van der Waals surface area contributed by atoms with Crippen molar-refractivity contribution in [3.8, 4) is 0 Å². The summed E-state index contributed by atoms with van der Waals surface area (Å²) in [6.45, 7) is -2.32. The molecule has 0 aromatic carbocycles. The summed E-state index contributed by atoms with van der Waals surface area (Å²) in [4.78, 5) is 0. The van der Waals surface area contributed by atoms with Crippen LogP contribution in [-0.2, 0) is 14.2 Å². The Morgan fingerprint density at radius 1 is 0.792 bits per heavy atom. The Balaban J connectivity index is 0.00000288. The van der Waals surface area contributed by atoms with Gasteiger partial charge < -0.3 is 55.1 Å². The summed E-state index contributed by atoms with van der Waals surface area (Å²) in [7, 11) is 0. The van der Waals surface area contributed by atoms with Crippen LogP contribution in [0.25, 0.3) is 0 Å². The predicted molar refractivity (Wildman–Crippen MR) is 74.4 cm³/mol. The van der Waals surface area contributed by atoms with E-state index in [0.717, 1.165) is 0 Å². The summed E-state index contributed by atoms with van der Waals surface area (Å²) in [5, 5.41) is 76.7. The third-order valence-electron chi connectivity index (χ3n) is 4.07. The van der Waals surface area contributed by atoms with E-state index in [2.05, 4.69) is 0 Å². The molecule has 3 radical (unpaired) electrons. The van der Waals surface area contributed by atoms with Crippen molar-refractivity contribution < 1.29 is 55.1 Å². The van der Waals surface area contributed by atoms with E-state index in [0.29, 0.717) is 0 Å². The second-order valence-corrected chi connectivity index (χ2v) is 5.56. The molecule has 8 N–H and O–H groups in total. The molecular weight excluding hydrogens is 347 g/mol. The molecule has 2 saturated heterocycles. The Labute approximate surface area is 147 Å². The molecule has 0 spiro atoms. The van der Waals surface area contributed by atoms with Crippen molar-refractivity contribution in [1.29, 1.82) is 0 Å². The maximum Gasteiger partial charge on any atom is 0.224 e. The second-order valence-electron chi connectivity index (χ2n) is 5.56. The van der Waals surface area contributed by atoms with Crippen molar-refractivity contribution in [3.63, 3.8) is 0 Å². The van der Waals surface area contributed by atoms with Gasteiger partial charge in [-0.2, -0.15) is 0 Å². The van der Waals surface area contributed by atoms with Crippen molar-refractivity contribution >= 4 is 17.4 Å².